The van der Waals surface area contributed by atoms with Crippen molar-refractivity contribution >= 4 is 21.4 Å². The van der Waals surface area contributed by atoms with E-state index in [1.165, 1.54) is 6.07 Å². The van der Waals surface area contributed by atoms with Crippen LogP contribution < -0.4 is 16.2 Å². The van der Waals surface area contributed by atoms with Gasteiger partial charge in [0.2, 0.25) is 10.0 Å². The number of rotatable bonds is 4. The lowest BCUT2D eigenvalue weighted by molar-refractivity contribution is 0.598. The van der Waals surface area contributed by atoms with Crippen molar-refractivity contribution in [1.82, 2.24) is 9.97 Å². The van der Waals surface area contributed by atoms with Crippen LogP contribution in [0, 0.1) is 0 Å². The monoisotopic (exact) mass is 267 g/mol. The van der Waals surface area contributed by atoms with Gasteiger partial charge in [0.25, 0.3) is 0 Å². The molecule has 6 N–H and O–H groups in total. The summed E-state index contributed by atoms with van der Waals surface area (Å²) in [7, 11) is -3.81. The molecule has 1 heterocycles. The van der Waals surface area contributed by atoms with Gasteiger partial charge in [-0.05, 0) is 12.1 Å². The number of sulfonamides is 1. The van der Waals surface area contributed by atoms with E-state index >= 15 is 0 Å². The second-order valence-corrected chi connectivity index (χ2v) is 5.22. The highest BCUT2D eigenvalue weighted by Gasteiger charge is 2.14. The fourth-order valence-electron chi connectivity index (χ4n) is 1.52. The highest BCUT2D eigenvalue weighted by atomic mass is 32.2. The number of anilines is 2. The normalized spacial score (nSPS) is 11.4. The zero-order chi connectivity index (χ0) is 13.2. The van der Waals surface area contributed by atoms with Crippen LogP contribution in [0.15, 0.2) is 35.6 Å². The number of nitrogens with two attached hydrogens (primary N) is 2. The van der Waals surface area contributed by atoms with E-state index in [2.05, 4.69) is 15.3 Å². The maximum Gasteiger partial charge on any atom is 0.240 e. The fourth-order valence-corrected chi connectivity index (χ4v) is 2.20. The first-order valence-corrected chi connectivity index (χ1v) is 6.65. The van der Waals surface area contributed by atoms with Crippen LogP contribution in [0.25, 0.3) is 0 Å². The van der Waals surface area contributed by atoms with Crippen molar-refractivity contribution in [3.8, 4) is 0 Å². The Morgan fingerprint density at radius 3 is 2.78 bits per heavy atom. The summed E-state index contributed by atoms with van der Waals surface area (Å²) in [5.74, 6) is 0. The van der Waals surface area contributed by atoms with E-state index in [1.807, 2.05) is 0 Å². The molecule has 2 aromatic rings. The molecular weight excluding hydrogens is 254 g/mol. The molecule has 2 rings (SSSR count). The number of H-pyrrole nitrogens is 1. The lowest BCUT2D eigenvalue weighted by atomic mass is 10.2. The van der Waals surface area contributed by atoms with Crippen LogP contribution >= 0.6 is 0 Å². The van der Waals surface area contributed by atoms with Crippen molar-refractivity contribution in [2.45, 2.75) is 11.4 Å². The van der Waals surface area contributed by atoms with Crippen LogP contribution in [0.4, 0.5) is 11.4 Å². The average molecular weight is 267 g/mol. The van der Waals surface area contributed by atoms with E-state index in [4.69, 9.17) is 10.9 Å². The number of hydrogen-bond acceptors (Lipinski definition) is 5. The topological polar surface area (TPSA) is 127 Å². The average Bonchev–Trinajstić information content (AvgIpc) is 2.79. The van der Waals surface area contributed by atoms with E-state index in [-0.39, 0.29) is 10.6 Å². The van der Waals surface area contributed by atoms with Crippen LogP contribution in [0.5, 0.6) is 0 Å². The SMILES string of the molecule is Nc1c(NCc2cnc[nH]2)cccc1S(N)(=O)=O. The molecule has 0 aliphatic rings. The second-order valence-electron chi connectivity index (χ2n) is 3.69. The van der Waals surface area contributed by atoms with Crippen LogP contribution in [-0.4, -0.2) is 18.4 Å². The zero-order valence-electron chi connectivity index (χ0n) is 9.42. The lowest BCUT2D eigenvalue weighted by Gasteiger charge is -2.11. The van der Waals surface area contributed by atoms with Gasteiger partial charge in [0, 0.05) is 6.20 Å². The number of imidazole rings is 1. The molecule has 18 heavy (non-hydrogen) atoms. The molecule has 0 fully saturated rings. The van der Waals surface area contributed by atoms with Crippen molar-refractivity contribution < 1.29 is 8.42 Å². The first kappa shape index (κ1) is 12.4. The number of primary sulfonamides is 1. The molecular formula is C10H13N5O2S. The first-order chi connectivity index (χ1) is 8.48. The van der Waals surface area contributed by atoms with Crippen molar-refractivity contribution in [1.29, 1.82) is 0 Å². The number of hydrogen-bond donors (Lipinski definition) is 4. The number of nitrogens with one attached hydrogen (secondary N) is 2. The zero-order valence-corrected chi connectivity index (χ0v) is 10.2. The summed E-state index contributed by atoms with van der Waals surface area (Å²) in [5, 5.41) is 8.08. The maximum absolute atomic E-state index is 11.3. The van der Waals surface area contributed by atoms with Gasteiger partial charge >= 0.3 is 0 Å². The third-order valence-electron chi connectivity index (χ3n) is 2.40. The minimum Gasteiger partial charge on any atom is -0.396 e. The molecule has 0 atom stereocenters. The van der Waals surface area contributed by atoms with Crippen molar-refractivity contribution in [2.75, 3.05) is 11.1 Å². The summed E-state index contributed by atoms with van der Waals surface area (Å²) in [6, 6.07) is 4.62. The van der Waals surface area contributed by atoms with Gasteiger partial charge in [-0.3, -0.25) is 0 Å². The molecule has 0 unspecified atom stereocenters. The predicted octanol–water partition coefficient (Wildman–Crippen LogP) is 0.251. The summed E-state index contributed by atoms with van der Waals surface area (Å²) < 4.78 is 22.6. The molecule has 0 aliphatic carbocycles. The third kappa shape index (κ3) is 2.60. The van der Waals surface area contributed by atoms with Gasteiger partial charge in [-0.2, -0.15) is 0 Å². The highest BCUT2D eigenvalue weighted by Crippen LogP contribution is 2.25. The Hall–Kier alpha value is -2.06. The molecule has 0 spiro atoms. The second kappa shape index (κ2) is 4.67. The number of aromatic amines is 1. The van der Waals surface area contributed by atoms with Gasteiger partial charge in [0.15, 0.2) is 0 Å². The number of benzene rings is 1. The van der Waals surface area contributed by atoms with Crippen LogP contribution in [0.2, 0.25) is 0 Å². The third-order valence-corrected chi connectivity index (χ3v) is 3.37. The van der Waals surface area contributed by atoms with E-state index in [0.717, 1.165) is 5.69 Å². The molecule has 0 bridgehead atoms. The van der Waals surface area contributed by atoms with Crippen molar-refractivity contribution in [2.24, 2.45) is 5.14 Å². The highest BCUT2D eigenvalue weighted by molar-refractivity contribution is 7.89. The quantitative estimate of drug-likeness (QED) is 0.590. The molecule has 0 aliphatic heterocycles. The van der Waals surface area contributed by atoms with Gasteiger partial charge in [-0.25, -0.2) is 18.5 Å². The summed E-state index contributed by atoms with van der Waals surface area (Å²) >= 11 is 0. The molecule has 0 radical (unpaired) electrons. The van der Waals surface area contributed by atoms with Gasteiger partial charge in [0.05, 0.1) is 29.9 Å². The Bertz CT molecular complexity index is 636. The lowest BCUT2D eigenvalue weighted by Crippen LogP contribution is -2.15. The van der Waals surface area contributed by atoms with Crippen molar-refractivity contribution in [3.63, 3.8) is 0 Å². The van der Waals surface area contributed by atoms with E-state index in [1.54, 1.807) is 24.7 Å². The smallest absolute Gasteiger partial charge is 0.240 e. The number of para-hydroxylation sites is 1. The molecule has 0 amide bonds. The minimum absolute atomic E-state index is 0.0860. The standard InChI is InChI=1S/C10H13N5O2S/c11-10-8(14-5-7-4-13-6-15-7)2-1-3-9(10)18(12,16)17/h1-4,6,14H,5,11H2,(H,13,15)(H2,12,16,17). The maximum atomic E-state index is 11.3. The Labute approximate surface area is 104 Å². The number of nitrogen functional groups attached to an aromatic ring is 1. The van der Waals surface area contributed by atoms with E-state index in [0.29, 0.717) is 12.2 Å². The Morgan fingerprint density at radius 2 is 2.17 bits per heavy atom. The first-order valence-electron chi connectivity index (χ1n) is 5.11. The molecule has 7 nitrogen and oxygen atoms in total. The minimum atomic E-state index is -3.81. The summed E-state index contributed by atoms with van der Waals surface area (Å²) in [6.45, 7) is 0.457. The summed E-state index contributed by atoms with van der Waals surface area (Å²) in [6.07, 6.45) is 3.22. The van der Waals surface area contributed by atoms with E-state index in [9.17, 15) is 8.42 Å². The largest absolute Gasteiger partial charge is 0.396 e. The molecule has 1 aromatic heterocycles. The number of nitrogens with zero attached hydrogens (tertiary/aromatic N) is 1. The Balaban J connectivity index is 2.24. The summed E-state index contributed by atoms with van der Waals surface area (Å²) in [4.78, 5) is 6.70. The molecule has 96 valence electrons. The summed E-state index contributed by atoms with van der Waals surface area (Å²) in [5.41, 5.74) is 7.24. The van der Waals surface area contributed by atoms with Gasteiger partial charge in [0.1, 0.15) is 4.90 Å². The molecule has 1 aromatic carbocycles. The molecule has 0 saturated heterocycles. The molecule has 8 heteroatoms. The van der Waals surface area contributed by atoms with Crippen LogP contribution in [0.1, 0.15) is 5.69 Å². The Morgan fingerprint density at radius 1 is 1.39 bits per heavy atom. The molecule has 0 saturated carbocycles. The van der Waals surface area contributed by atoms with E-state index < -0.39 is 10.0 Å². The van der Waals surface area contributed by atoms with Gasteiger partial charge in [-0.15, -0.1) is 0 Å². The fraction of sp³-hybridized carbons (Fsp3) is 0.100. The van der Waals surface area contributed by atoms with Crippen LogP contribution in [0.3, 0.4) is 0 Å². The van der Waals surface area contributed by atoms with Crippen molar-refractivity contribution in [3.05, 3.63) is 36.4 Å². The van der Waals surface area contributed by atoms with Crippen LogP contribution in [-0.2, 0) is 16.6 Å². The predicted molar refractivity (Wildman–Crippen MR) is 68.1 cm³/mol. The van der Waals surface area contributed by atoms with Gasteiger partial charge < -0.3 is 16.0 Å². The van der Waals surface area contributed by atoms with Gasteiger partial charge in [-0.1, -0.05) is 6.07 Å². The Kier molecular flexibility index (Phi) is 3.21. The number of aromatic nitrogens is 2.